The van der Waals surface area contributed by atoms with Crippen LogP contribution in [-0.4, -0.2) is 33.5 Å². The van der Waals surface area contributed by atoms with Gasteiger partial charge in [-0.2, -0.15) is 0 Å². The Kier molecular flexibility index (Phi) is 10.3. The minimum atomic E-state index is -0.325. The molecule has 0 bridgehead atoms. The summed E-state index contributed by atoms with van der Waals surface area (Å²) in [5, 5.41) is 0.561. The number of hydrogen-bond acceptors (Lipinski definition) is 4. The molecule has 1 aromatic heterocycles. The first-order valence-electron chi connectivity index (χ1n) is 13.9. The molecule has 3 rings (SSSR count). The van der Waals surface area contributed by atoms with Crippen LogP contribution < -0.4 is 10.3 Å². The monoisotopic (exact) mass is 505 g/mol. The number of benzene rings is 2. The number of ether oxygens (including phenoxy) is 1. The predicted octanol–water partition coefficient (Wildman–Crippen LogP) is 6.94. The summed E-state index contributed by atoms with van der Waals surface area (Å²) in [6, 6.07) is 14.7. The smallest absolute Gasteiger partial charge is 0.266 e. The molecule has 1 heterocycles. The second-order valence-corrected chi connectivity index (χ2v) is 10.1. The molecule has 0 aliphatic rings. The topological polar surface area (TPSA) is 64.4 Å². The van der Waals surface area contributed by atoms with Crippen LogP contribution >= 0.6 is 0 Å². The van der Waals surface area contributed by atoms with E-state index in [9.17, 15) is 9.59 Å². The minimum Gasteiger partial charge on any atom is -0.494 e. The minimum absolute atomic E-state index is 0.0288. The van der Waals surface area contributed by atoms with Crippen molar-refractivity contribution < 1.29 is 9.53 Å². The second-order valence-electron chi connectivity index (χ2n) is 10.1. The fraction of sp³-hybridized carbons (Fsp3) is 0.516. The number of carbonyl (C=O) groups excluding carboxylic acids is 1. The Hall–Kier alpha value is -3.15. The number of para-hydroxylation sites is 1. The zero-order valence-corrected chi connectivity index (χ0v) is 23.4. The van der Waals surface area contributed by atoms with Crippen molar-refractivity contribution in [2.45, 2.75) is 79.7 Å². The molecule has 0 radical (unpaired) electrons. The summed E-state index contributed by atoms with van der Waals surface area (Å²) >= 11 is 0. The van der Waals surface area contributed by atoms with Gasteiger partial charge in [0.05, 0.1) is 29.2 Å². The molecule has 0 N–H and O–H groups in total. The van der Waals surface area contributed by atoms with Crippen LogP contribution in [0.1, 0.15) is 85.5 Å². The first kappa shape index (κ1) is 28.4. The maximum absolute atomic E-state index is 14.0. The fourth-order valence-electron chi connectivity index (χ4n) is 4.97. The first-order chi connectivity index (χ1) is 17.9. The van der Waals surface area contributed by atoms with Crippen LogP contribution in [0.15, 0.2) is 53.3 Å². The number of rotatable bonds is 13. The van der Waals surface area contributed by atoms with Crippen molar-refractivity contribution in [3.8, 4) is 11.4 Å². The number of amides is 1. The lowest BCUT2D eigenvalue weighted by Gasteiger charge is -2.36. The molecule has 0 saturated heterocycles. The molecule has 200 valence electrons. The SMILES string of the molecule is CCCCC(CC)C(=O)N(CC(C)C)C(CC)c1nc2ccccc2c(=O)n1-c1ccc(OCC)cc1. The van der Waals surface area contributed by atoms with Crippen molar-refractivity contribution in [2.24, 2.45) is 11.8 Å². The van der Waals surface area contributed by atoms with Gasteiger partial charge in [0.15, 0.2) is 0 Å². The molecule has 0 spiro atoms. The molecule has 6 heteroatoms. The summed E-state index contributed by atoms with van der Waals surface area (Å²) in [5.74, 6) is 1.78. The molecular weight excluding hydrogens is 462 g/mol. The maximum Gasteiger partial charge on any atom is 0.266 e. The van der Waals surface area contributed by atoms with E-state index in [1.54, 1.807) is 4.57 Å². The highest BCUT2D eigenvalue weighted by Gasteiger charge is 2.32. The van der Waals surface area contributed by atoms with Crippen LogP contribution in [-0.2, 0) is 4.79 Å². The summed E-state index contributed by atoms with van der Waals surface area (Å²) in [6.45, 7) is 13.7. The highest BCUT2D eigenvalue weighted by Crippen LogP contribution is 2.30. The van der Waals surface area contributed by atoms with Gasteiger partial charge in [-0.3, -0.25) is 14.2 Å². The van der Waals surface area contributed by atoms with E-state index in [4.69, 9.17) is 9.72 Å². The zero-order valence-electron chi connectivity index (χ0n) is 23.4. The lowest BCUT2D eigenvalue weighted by Crippen LogP contribution is -2.43. The Labute approximate surface area is 221 Å². The Morgan fingerprint density at radius 2 is 1.70 bits per heavy atom. The second kappa shape index (κ2) is 13.4. The third kappa shape index (κ3) is 6.60. The summed E-state index contributed by atoms with van der Waals surface area (Å²) in [7, 11) is 0. The highest BCUT2D eigenvalue weighted by molar-refractivity contribution is 5.80. The molecule has 2 aromatic carbocycles. The van der Waals surface area contributed by atoms with Crippen molar-refractivity contribution >= 4 is 16.8 Å². The van der Waals surface area contributed by atoms with Gasteiger partial charge in [-0.25, -0.2) is 4.98 Å². The van der Waals surface area contributed by atoms with E-state index in [0.717, 1.165) is 37.1 Å². The number of carbonyl (C=O) groups is 1. The van der Waals surface area contributed by atoms with Gasteiger partial charge in [0.2, 0.25) is 5.91 Å². The lowest BCUT2D eigenvalue weighted by molar-refractivity contribution is -0.139. The number of nitrogens with zero attached hydrogens (tertiary/aromatic N) is 3. The van der Waals surface area contributed by atoms with Crippen LogP contribution in [0.3, 0.4) is 0 Å². The Morgan fingerprint density at radius 3 is 2.30 bits per heavy atom. The predicted molar refractivity (Wildman–Crippen MR) is 151 cm³/mol. The van der Waals surface area contributed by atoms with Crippen LogP contribution in [0.2, 0.25) is 0 Å². The summed E-state index contributed by atoms with van der Waals surface area (Å²) < 4.78 is 7.32. The highest BCUT2D eigenvalue weighted by atomic mass is 16.5. The molecule has 0 aliphatic heterocycles. The van der Waals surface area contributed by atoms with Gasteiger partial charge < -0.3 is 9.64 Å². The normalized spacial score (nSPS) is 13.1. The molecule has 6 nitrogen and oxygen atoms in total. The quantitative estimate of drug-likeness (QED) is 0.252. The average molecular weight is 506 g/mol. The largest absolute Gasteiger partial charge is 0.494 e. The Balaban J connectivity index is 2.22. The molecule has 3 aromatic rings. The van der Waals surface area contributed by atoms with Crippen LogP contribution in [0, 0.1) is 11.8 Å². The molecule has 37 heavy (non-hydrogen) atoms. The Bertz CT molecular complexity index is 1220. The fourth-order valence-corrected chi connectivity index (χ4v) is 4.97. The van der Waals surface area contributed by atoms with Crippen molar-refractivity contribution in [3.63, 3.8) is 0 Å². The first-order valence-corrected chi connectivity index (χ1v) is 13.9. The standard InChI is InChI=1S/C31H43N3O3/c1-7-11-14-23(8-2)30(35)33(21-22(5)6)28(9-3)29-32-27-16-13-12-15-26(27)31(36)34(29)24-17-19-25(20-18-24)37-10-4/h12-13,15-20,22-23,28H,7-11,14,21H2,1-6H3. The number of aromatic nitrogens is 2. The van der Waals surface area contributed by atoms with E-state index in [0.29, 0.717) is 36.3 Å². The van der Waals surface area contributed by atoms with Crippen LogP contribution in [0.4, 0.5) is 0 Å². The number of hydrogen-bond donors (Lipinski definition) is 0. The molecule has 2 atom stereocenters. The average Bonchev–Trinajstić information content (AvgIpc) is 2.89. The van der Waals surface area contributed by atoms with E-state index in [2.05, 4.69) is 34.6 Å². The van der Waals surface area contributed by atoms with Gasteiger partial charge in [-0.05, 0) is 68.5 Å². The number of unbranched alkanes of at least 4 members (excludes halogenated alkanes) is 1. The lowest BCUT2D eigenvalue weighted by atomic mass is 9.95. The van der Waals surface area contributed by atoms with Crippen molar-refractivity contribution in [1.82, 2.24) is 14.5 Å². The number of fused-ring (bicyclic) bond motifs is 1. The van der Waals surface area contributed by atoms with Gasteiger partial charge in [0.25, 0.3) is 5.56 Å². The van der Waals surface area contributed by atoms with Crippen molar-refractivity contribution in [2.75, 3.05) is 13.2 Å². The van der Waals surface area contributed by atoms with E-state index in [1.807, 2.05) is 60.4 Å². The summed E-state index contributed by atoms with van der Waals surface area (Å²) in [6.07, 6.45) is 4.44. The van der Waals surface area contributed by atoms with E-state index < -0.39 is 0 Å². The molecule has 1 amide bonds. The van der Waals surface area contributed by atoms with E-state index >= 15 is 0 Å². The Morgan fingerprint density at radius 1 is 1.00 bits per heavy atom. The van der Waals surface area contributed by atoms with Gasteiger partial charge >= 0.3 is 0 Å². The molecule has 2 unspecified atom stereocenters. The van der Waals surface area contributed by atoms with Gasteiger partial charge in [-0.1, -0.05) is 59.6 Å². The maximum atomic E-state index is 14.0. The molecule has 0 aliphatic carbocycles. The van der Waals surface area contributed by atoms with Gasteiger partial charge in [0.1, 0.15) is 11.6 Å². The summed E-state index contributed by atoms with van der Waals surface area (Å²) in [5.41, 5.74) is 1.24. The zero-order chi connectivity index (χ0) is 26.9. The van der Waals surface area contributed by atoms with Crippen LogP contribution in [0.5, 0.6) is 5.75 Å². The van der Waals surface area contributed by atoms with Gasteiger partial charge in [0, 0.05) is 12.5 Å². The molecule has 0 saturated carbocycles. The van der Waals surface area contributed by atoms with Gasteiger partial charge in [-0.15, -0.1) is 0 Å². The van der Waals surface area contributed by atoms with Crippen molar-refractivity contribution in [3.05, 3.63) is 64.7 Å². The van der Waals surface area contributed by atoms with E-state index in [1.165, 1.54) is 0 Å². The van der Waals surface area contributed by atoms with Crippen molar-refractivity contribution in [1.29, 1.82) is 0 Å². The third-order valence-electron chi connectivity index (χ3n) is 6.86. The molecule has 0 fully saturated rings. The molecular formula is C31H43N3O3. The summed E-state index contributed by atoms with van der Waals surface area (Å²) in [4.78, 5) is 34.9. The third-order valence-corrected chi connectivity index (χ3v) is 6.86. The van der Waals surface area contributed by atoms with Crippen LogP contribution in [0.25, 0.3) is 16.6 Å². The van der Waals surface area contributed by atoms with E-state index in [-0.39, 0.29) is 29.3 Å².